The number of pyridine rings is 2. The SMILES string of the molecule is CC1(C)OB(c2cc(-n3ccccc3=O)ccn2)OC1(C)C. The summed E-state index contributed by atoms with van der Waals surface area (Å²) in [6, 6.07) is 8.67. The molecular formula is C16H19BN2O3. The van der Waals surface area contributed by atoms with Gasteiger partial charge in [-0.25, -0.2) is 0 Å². The molecule has 6 heteroatoms. The van der Waals surface area contributed by atoms with Crippen molar-refractivity contribution < 1.29 is 9.31 Å². The zero-order chi connectivity index (χ0) is 16.0. The van der Waals surface area contributed by atoms with E-state index in [2.05, 4.69) is 4.98 Å². The van der Waals surface area contributed by atoms with Crippen molar-refractivity contribution in [1.82, 2.24) is 9.55 Å². The molecule has 0 bridgehead atoms. The van der Waals surface area contributed by atoms with Crippen LogP contribution in [0.4, 0.5) is 0 Å². The average molecular weight is 298 g/mol. The minimum atomic E-state index is -0.538. The zero-order valence-electron chi connectivity index (χ0n) is 13.2. The summed E-state index contributed by atoms with van der Waals surface area (Å²) in [5.41, 5.74) is 0.475. The van der Waals surface area contributed by atoms with Crippen LogP contribution in [-0.4, -0.2) is 27.9 Å². The molecule has 0 aromatic carbocycles. The standard InChI is InChI=1S/C16H19BN2O3/c1-15(2)16(3,4)22-17(21-15)13-11-12(8-9-18-13)19-10-6-5-7-14(19)20/h5-11H,1-4H3. The van der Waals surface area contributed by atoms with Gasteiger partial charge in [0, 0.05) is 18.5 Å². The number of rotatable bonds is 2. The fraction of sp³-hybridized carbons (Fsp3) is 0.375. The first-order valence-electron chi connectivity index (χ1n) is 7.30. The van der Waals surface area contributed by atoms with E-state index in [1.165, 1.54) is 6.07 Å². The monoisotopic (exact) mass is 298 g/mol. The number of hydrogen-bond donors (Lipinski definition) is 0. The molecule has 3 rings (SSSR count). The fourth-order valence-corrected chi connectivity index (χ4v) is 2.32. The van der Waals surface area contributed by atoms with Crippen LogP contribution in [0.1, 0.15) is 27.7 Å². The third-order valence-corrected chi connectivity index (χ3v) is 4.36. The predicted octanol–water partition coefficient (Wildman–Crippen LogP) is 1.53. The zero-order valence-corrected chi connectivity index (χ0v) is 13.2. The highest BCUT2D eigenvalue weighted by atomic mass is 16.7. The normalized spacial score (nSPS) is 19.4. The van der Waals surface area contributed by atoms with Gasteiger partial charge in [-0.1, -0.05) is 6.07 Å². The Balaban J connectivity index is 1.97. The van der Waals surface area contributed by atoms with Crippen molar-refractivity contribution in [3.05, 3.63) is 53.1 Å². The van der Waals surface area contributed by atoms with Gasteiger partial charge in [-0.15, -0.1) is 0 Å². The molecular weight excluding hydrogens is 279 g/mol. The molecule has 1 fully saturated rings. The Labute approximate surface area is 130 Å². The van der Waals surface area contributed by atoms with E-state index in [9.17, 15) is 4.79 Å². The summed E-state index contributed by atoms with van der Waals surface area (Å²) >= 11 is 0. The second-order valence-corrected chi connectivity index (χ2v) is 6.44. The molecule has 0 spiro atoms. The van der Waals surface area contributed by atoms with Crippen LogP contribution < -0.4 is 11.2 Å². The molecule has 0 atom stereocenters. The third-order valence-electron chi connectivity index (χ3n) is 4.36. The summed E-state index contributed by atoms with van der Waals surface area (Å²) in [5.74, 6) is 0. The molecule has 0 unspecified atom stereocenters. The summed E-state index contributed by atoms with van der Waals surface area (Å²) in [6.07, 6.45) is 3.39. The topological polar surface area (TPSA) is 53.4 Å². The molecule has 1 aliphatic heterocycles. The summed E-state index contributed by atoms with van der Waals surface area (Å²) in [4.78, 5) is 16.3. The Bertz CT molecular complexity index is 739. The molecule has 0 radical (unpaired) electrons. The van der Waals surface area contributed by atoms with Gasteiger partial charge in [0.1, 0.15) is 0 Å². The maximum atomic E-state index is 11.9. The third kappa shape index (κ3) is 2.49. The first-order valence-corrected chi connectivity index (χ1v) is 7.30. The van der Waals surface area contributed by atoms with E-state index in [-0.39, 0.29) is 5.56 Å². The molecule has 114 valence electrons. The van der Waals surface area contributed by atoms with E-state index >= 15 is 0 Å². The number of aromatic nitrogens is 2. The largest absolute Gasteiger partial charge is 0.514 e. The maximum Gasteiger partial charge on any atom is 0.514 e. The molecule has 22 heavy (non-hydrogen) atoms. The van der Waals surface area contributed by atoms with Gasteiger partial charge in [0.05, 0.1) is 22.5 Å². The van der Waals surface area contributed by atoms with Crippen LogP contribution in [0.25, 0.3) is 5.69 Å². The number of nitrogens with zero attached hydrogens (tertiary/aromatic N) is 2. The van der Waals surface area contributed by atoms with Crippen LogP contribution in [0.5, 0.6) is 0 Å². The van der Waals surface area contributed by atoms with E-state index in [1.54, 1.807) is 29.1 Å². The molecule has 2 aromatic rings. The molecule has 1 saturated heterocycles. The van der Waals surface area contributed by atoms with Gasteiger partial charge in [0.15, 0.2) is 0 Å². The van der Waals surface area contributed by atoms with E-state index < -0.39 is 18.3 Å². The molecule has 0 amide bonds. The quantitative estimate of drug-likeness (QED) is 0.789. The average Bonchev–Trinajstić information content (AvgIpc) is 2.68. The number of hydrogen-bond acceptors (Lipinski definition) is 4. The van der Waals surface area contributed by atoms with Crippen molar-refractivity contribution in [2.24, 2.45) is 0 Å². The van der Waals surface area contributed by atoms with Gasteiger partial charge >= 0.3 is 7.12 Å². The second-order valence-electron chi connectivity index (χ2n) is 6.44. The van der Waals surface area contributed by atoms with Gasteiger partial charge < -0.3 is 9.31 Å². The van der Waals surface area contributed by atoms with Gasteiger partial charge in [-0.05, 0) is 45.9 Å². The van der Waals surface area contributed by atoms with E-state index in [1.807, 2.05) is 39.8 Å². The van der Waals surface area contributed by atoms with E-state index in [4.69, 9.17) is 9.31 Å². The van der Waals surface area contributed by atoms with Crippen molar-refractivity contribution in [2.45, 2.75) is 38.9 Å². The van der Waals surface area contributed by atoms with Crippen LogP contribution in [0.15, 0.2) is 47.5 Å². The highest BCUT2D eigenvalue weighted by molar-refractivity contribution is 6.61. The van der Waals surface area contributed by atoms with Gasteiger partial charge in [0.25, 0.3) is 5.56 Å². The lowest BCUT2D eigenvalue weighted by Crippen LogP contribution is -2.41. The van der Waals surface area contributed by atoms with Gasteiger partial charge in [0.2, 0.25) is 0 Å². The molecule has 0 aliphatic carbocycles. The first-order chi connectivity index (χ1) is 10.3. The summed E-state index contributed by atoms with van der Waals surface area (Å²) in [6.45, 7) is 7.99. The first kappa shape index (κ1) is 15.0. The van der Waals surface area contributed by atoms with Crippen LogP contribution in [-0.2, 0) is 9.31 Å². The van der Waals surface area contributed by atoms with Gasteiger partial charge in [-0.3, -0.25) is 14.3 Å². The van der Waals surface area contributed by atoms with Gasteiger partial charge in [-0.2, -0.15) is 0 Å². The van der Waals surface area contributed by atoms with Crippen LogP contribution in [0, 0.1) is 0 Å². The highest BCUT2D eigenvalue weighted by Gasteiger charge is 2.52. The smallest absolute Gasteiger partial charge is 0.398 e. The second kappa shape index (κ2) is 5.07. The maximum absolute atomic E-state index is 11.9. The summed E-state index contributed by atoms with van der Waals surface area (Å²) in [5, 5.41) is 0. The fourth-order valence-electron chi connectivity index (χ4n) is 2.32. The van der Waals surface area contributed by atoms with Crippen molar-refractivity contribution in [3.8, 4) is 5.69 Å². The molecule has 3 heterocycles. The molecule has 5 nitrogen and oxygen atoms in total. The van der Waals surface area contributed by atoms with Crippen molar-refractivity contribution in [2.75, 3.05) is 0 Å². The minimum Gasteiger partial charge on any atom is -0.398 e. The molecule has 2 aromatic heterocycles. The lowest BCUT2D eigenvalue weighted by molar-refractivity contribution is 0.00578. The summed E-state index contributed by atoms with van der Waals surface area (Å²) < 4.78 is 13.6. The van der Waals surface area contributed by atoms with Crippen molar-refractivity contribution in [3.63, 3.8) is 0 Å². The summed E-state index contributed by atoms with van der Waals surface area (Å²) in [7, 11) is -0.538. The Morgan fingerprint density at radius 3 is 2.41 bits per heavy atom. The van der Waals surface area contributed by atoms with Crippen molar-refractivity contribution >= 4 is 12.7 Å². The molecule has 0 N–H and O–H groups in total. The lowest BCUT2D eigenvalue weighted by atomic mass is 9.84. The minimum absolute atomic E-state index is 0.0893. The highest BCUT2D eigenvalue weighted by Crippen LogP contribution is 2.36. The Morgan fingerprint density at radius 1 is 1.09 bits per heavy atom. The van der Waals surface area contributed by atoms with Crippen LogP contribution in [0.2, 0.25) is 0 Å². The van der Waals surface area contributed by atoms with Crippen LogP contribution in [0.3, 0.4) is 0 Å². The Kier molecular flexibility index (Phi) is 3.46. The lowest BCUT2D eigenvalue weighted by Gasteiger charge is -2.32. The Hall–Kier alpha value is -1.92. The predicted molar refractivity (Wildman–Crippen MR) is 85.6 cm³/mol. The van der Waals surface area contributed by atoms with Crippen LogP contribution >= 0.6 is 0 Å². The van der Waals surface area contributed by atoms with E-state index in [0.717, 1.165) is 5.69 Å². The Morgan fingerprint density at radius 2 is 1.77 bits per heavy atom. The van der Waals surface area contributed by atoms with E-state index in [0.29, 0.717) is 5.59 Å². The molecule has 0 saturated carbocycles. The molecule has 1 aliphatic rings. The van der Waals surface area contributed by atoms with Crippen molar-refractivity contribution in [1.29, 1.82) is 0 Å².